The summed E-state index contributed by atoms with van der Waals surface area (Å²) in [7, 11) is 0. The molecule has 0 spiro atoms. The molecule has 150 valence electrons. The topological polar surface area (TPSA) is 85.0 Å². The molecule has 3 aromatic rings. The van der Waals surface area contributed by atoms with E-state index < -0.39 is 0 Å². The van der Waals surface area contributed by atoms with Gasteiger partial charge in [0.1, 0.15) is 12.2 Å². The number of halogens is 1. The first-order valence-corrected chi connectivity index (χ1v) is 9.27. The summed E-state index contributed by atoms with van der Waals surface area (Å²) in [6.45, 7) is 7.08. The standard InChI is InChI=1S/C19H26N8.HI/c1-3-18-25-24-15-27(18)12-10-22-19(21-4-2)23-13-16-7-5-6-8-17(16)26-11-9-20-14-26;/h5-9,11,14-15H,3-4,10,12-13H2,1-2H3,(H2,21,22,23);1H. The molecule has 1 aromatic carbocycles. The van der Waals surface area contributed by atoms with Crippen molar-refractivity contribution >= 4 is 29.9 Å². The number of hydrogen-bond donors (Lipinski definition) is 2. The molecule has 0 aliphatic heterocycles. The van der Waals surface area contributed by atoms with Crippen LogP contribution in [0.5, 0.6) is 0 Å². The van der Waals surface area contributed by atoms with Gasteiger partial charge < -0.3 is 19.8 Å². The van der Waals surface area contributed by atoms with Crippen molar-refractivity contribution in [3.63, 3.8) is 0 Å². The number of hydrogen-bond acceptors (Lipinski definition) is 4. The molecule has 0 aliphatic rings. The molecule has 3 rings (SSSR count). The van der Waals surface area contributed by atoms with Crippen molar-refractivity contribution in [2.45, 2.75) is 33.4 Å². The maximum Gasteiger partial charge on any atom is 0.191 e. The first kappa shape index (κ1) is 21.9. The fourth-order valence-electron chi connectivity index (χ4n) is 2.84. The molecule has 2 heterocycles. The zero-order valence-electron chi connectivity index (χ0n) is 16.2. The van der Waals surface area contributed by atoms with Crippen LogP contribution >= 0.6 is 24.0 Å². The fraction of sp³-hybridized carbons (Fsp3) is 0.368. The SMILES string of the molecule is CCNC(=NCc1ccccc1-n1ccnc1)NCCn1cnnc1CC.I. The van der Waals surface area contributed by atoms with Gasteiger partial charge in [0, 0.05) is 38.4 Å². The first-order chi connectivity index (χ1) is 13.3. The number of para-hydroxylation sites is 1. The minimum atomic E-state index is 0. The Kier molecular flexibility index (Phi) is 8.92. The number of imidazole rings is 1. The first-order valence-electron chi connectivity index (χ1n) is 9.27. The average molecular weight is 494 g/mol. The largest absolute Gasteiger partial charge is 0.357 e. The van der Waals surface area contributed by atoms with Crippen LogP contribution in [-0.4, -0.2) is 43.4 Å². The summed E-state index contributed by atoms with van der Waals surface area (Å²) < 4.78 is 4.06. The highest BCUT2D eigenvalue weighted by Crippen LogP contribution is 2.14. The van der Waals surface area contributed by atoms with Crippen molar-refractivity contribution in [1.29, 1.82) is 0 Å². The highest BCUT2D eigenvalue weighted by molar-refractivity contribution is 14.0. The van der Waals surface area contributed by atoms with Gasteiger partial charge in [-0.2, -0.15) is 0 Å². The molecule has 0 radical (unpaired) electrons. The molecule has 0 fully saturated rings. The van der Waals surface area contributed by atoms with Gasteiger partial charge in [0.25, 0.3) is 0 Å². The van der Waals surface area contributed by atoms with Crippen molar-refractivity contribution in [1.82, 2.24) is 34.9 Å². The molecule has 0 amide bonds. The Bertz CT molecular complexity index is 856. The predicted octanol–water partition coefficient (Wildman–Crippen LogP) is 2.40. The maximum atomic E-state index is 4.74. The van der Waals surface area contributed by atoms with Gasteiger partial charge in [-0.1, -0.05) is 25.1 Å². The lowest BCUT2D eigenvalue weighted by molar-refractivity contribution is 0.632. The molecule has 0 saturated heterocycles. The van der Waals surface area contributed by atoms with E-state index in [1.54, 1.807) is 18.9 Å². The Morgan fingerprint density at radius 2 is 2.00 bits per heavy atom. The van der Waals surface area contributed by atoms with Crippen molar-refractivity contribution in [3.05, 3.63) is 60.7 Å². The van der Waals surface area contributed by atoms with Crippen molar-refractivity contribution in [2.75, 3.05) is 13.1 Å². The van der Waals surface area contributed by atoms with Gasteiger partial charge in [0.05, 0.1) is 18.6 Å². The number of rotatable bonds is 8. The predicted molar refractivity (Wildman–Crippen MR) is 121 cm³/mol. The van der Waals surface area contributed by atoms with E-state index in [2.05, 4.69) is 56.4 Å². The molecule has 9 heteroatoms. The monoisotopic (exact) mass is 494 g/mol. The summed E-state index contributed by atoms with van der Waals surface area (Å²) in [6.07, 6.45) is 8.17. The summed E-state index contributed by atoms with van der Waals surface area (Å²) in [5, 5.41) is 14.8. The van der Waals surface area contributed by atoms with E-state index in [1.807, 2.05) is 22.9 Å². The lowest BCUT2D eigenvalue weighted by atomic mass is 10.2. The van der Waals surface area contributed by atoms with Crippen LogP contribution in [0.4, 0.5) is 0 Å². The van der Waals surface area contributed by atoms with E-state index in [0.717, 1.165) is 49.1 Å². The molecular weight excluding hydrogens is 467 g/mol. The van der Waals surface area contributed by atoms with E-state index in [-0.39, 0.29) is 24.0 Å². The van der Waals surface area contributed by atoms with Crippen LogP contribution in [0.1, 0.15) is 25.2 Å². The van der Waals surface area contributed by atoms with Gasteiger partial charge in [0.15, 0.2) is 5.96 Å². The van der Waals surface area contributed by atoms with Gasteiger partial charge in [-0.15, -0.1) is 34.2 Å². The normalized spacial score (nSPS) is 11.1. The number of aryl methyl sites for hydroxylation is 1. The molecule has 0 atom stereocenters. The molecular formula is C19H27IN8. The number of aliphatic imine (C=N–C) groups is 1. The van der Waals surface area contributed by atoms with Crippen molar-refractivity contribution in [3.8, 4) is 5.69 Å². The second-order valence-electron chi connectivity index (χ2n) is 6.01. The van der Waals surface area contributed by atoms with E-state index in [1.165, 1.54) is 0 Å². The molecule has 0 unspecified atom stereocenters. The van der Waals surface area contributed by atoms with Crippen LogP contribution in [0, 0.1) is 0 Å². The summed E-state index contributed by atoms with van der Waals surface area (Å²) in [6, 6.07) is 8.22. The quantitative estimate of drug-likeness (QED) is 0.286. The van der Waals surface area contributed by atoms with Crippen LogP contribution in [0.3, 0.4) is 0 Å². The van der Waals surface area contributed by atoms with Crippen LogP contribution in [0.25, 0.3) is 5.69 Å². The van der Waals surface area contributed by atoms with Gasteiger partial charge in [0.2, 0.25) is 0 Å². The summed E-state index contributed by atoms with van der Waals surface area (Å²) in [5.74, 6) is 1.79. The lowest BCUT2D eigenvalue weighted by Crippen LogP contribution is -2.39. The zero-order chi connectivity index (χ0) is 18.9. The van der Waals surface area contributed by atoms with E-state index >= 15 is 0 Å². The lowest BCUT2D eigenvalue weighted by Gasteiger charge is -2.13. The number of aromatic nitrogens is 5. The fourth-order valence-corrected chi connectivity index (χ4v) is 2.84. The maximum absolute atomic E-state index is 4.74. The second kappa shape index (κ2) is 11.4. The molecule has 2 N–H and O–H groups in total. The Hall–Kier alpha value is -2.43. The molecule has 0 saturated carbocycles. The van der Waals surface area contributed by atoms with Crippen LogP contribution in [0.15, 0.2) is 54.3 Å². The van der Waals surface area contributed by atoms with Crippen molar-refractivity contribution in [2.24, 2.45) is 4.99 Å². The van der Waals surface area contributed by atoms with E-state index in [9.17, 15) is 0 Å². The smallest absolute Gasteiger partial charge is 0.191 e. The van der Waals surface area contributed by atoms with Gasteiger partial charge in [-0.05, 0) is 18.6 Å². The van der Waals surface area contributed by atoms with Crippen molar-refractivity contribution < 1.29 is 0 Å². The Balaban J connectivity index is 0.00000280. The minimum Gasteiger partial charge on any atom is -0.357 e. The number of nitrogens with one attached hydrogen (secondary N) is 2. The molecule has 0 aliphatic carbocycles. The Morgan fingerprint density at radius 3 is 2.75 bits per heavy atom. The number of guanidine groups is 1. The summed E-state index contributed by atoms with van der Waals surface area (Å²) in [5.41, 5.74) is 2.23. The molecule has 8 nitrogen and oxygen atoms in total. The van der Waals surface area contributed by atoms with Gasteiger partial charge >= 0.3 is 0 Å². The zero-order valence-corrected chi connectivity index (χ0v) is 18.6. The van der Waals surface area contributed by atoms with Crippen LogP contribution < -0.4 is 10.6 Å². The average Bonchev–Trinajstić information content (AvgIpc) is 3.38. The van der Waals surface area contributed by atoms with Crippen LogP contribution in [-0.2, 0) is 19.5 Å². The molecule has 28 heavy (non-hydrogen) atoms. The number of nitrogens with zero attached hydrogens (tertiary/aromatic N) is 6. The molecule has 0 bridgehead atoms. The highest BCUT2D eigenvalue weighted by atomic mass is 127. The minimum absolute atomic E-state index is 0. The Labute approximate surface area is 182 Å². The van der Waals surface area contributed by atoms with Crippen LogP contribution in [0.2, 0.25) is 0 Å². The number of benzene rings is 1. The third-order valence-electron chi connectivity index (χ3n) is 4.18. The van der Waals surface area contributed by atoms with Gasteiger partial charge in [-0.25, -0.2) is 9.98 Å². The third-order valence-corrected chi connectivity index (χ3v) is 4.18. The summed E-state index contributed by atoms with van der Waals surface area (Å²) >= 11 is 0. The third kappa shape index (κ3) is 5.78. The van der Waals surface area contributed by atoms with E-state index in [0.29, 0.717) is 6.54 Å². The Morgan fingerprint density at radius 1 is 1.14 bits per heavy atom. The highest BCUT2D eigenvalue weighted by Gasteiger charge is 2.05. The molecule has 2 aromatic heterocycles. The van der Waals surface area contributed by atoms with E-state index in [4.69, 9.17) is 4.99 Å². The van der Waals surface area contributed by atoms with Gasteiger partial charge in [-0.3, -0.25) is 0 Å². The summed E-state index contributed by atoms with van der Waals surface area (Å²) in [4.78, 5) is 8.87. The second-order valence-corrected chi connectivity index (χ2v) is 6.01.